The molecule has 4 heterocycles. The van der Waals surface area contributed by atoms with Gasteiger partial charge < -0.3 is 14.2 Å². The molecule has 0 fully saturated rings. The van der Waals surface area contributed by atoms with Crippen molar-refractivity contribution in [3.63, 3.8) is 0 Å². The molecule has 9 heteroatoms. The predicted octanol–water partition coefficient (Wildman–Crippen LogP) is 4.13. The van der Waals surface area contributed by atoms with Crippen molar-refractivity contribution in [2.45, 2.75) is 27.3 Å². The number of ether oxygens (including phenoxy) is 3. The summed E-state index contributed by atoms with van der Waals surface area (Å²) in [7, 11) is 0. The van der Waals surface area contributed by atoms with Crippen LogP contribution < -0.4 is 9.47 Å². The molecule has 8 nitrogen and oxygen atoms in total. The second-order valence-corrected chi connectivity index (χ2v) is 8.36. The number of fused-ring (bicyclic) bond motifs is 2. The Morgan fingerprint density at radius 2 is 2.10 bits per heavy atom. The van der Waals surface area contributed by atoms with Crippen LogP contribution in [0.2, 0.25) is 0 Å². The van der Waals surface area contributed by atoms with Gasteiger partial charge in [-0.3, -0.25) is 0 Å². The Hall–Kier alpha value is -3.46. The second kappa shape index (κ2) is 7.66. The Balaban J connectivity index is 1.83. The lowest BCUT2D eigenvalue weighted by Gasteiger charge is -2.16. The van der Waals surface area contributed by atoms with E-state index in [1.54, 1.807) is 29.3 Å². The topological polar surface area (TPSA) is 88.4 Å². The van der Waals surface area contributed by atoms with Gasteiger partial charge in [-0.25, -0.2) is 19.4 Å². The molecule has 0 saturated heterocycles. The monoisotopic (exact) mass is 436 g/mol. The number of nitrogens with zero attached hydrogens (tertiary/aromatic N) is 4. The normalized spacial score (nSPS) is 12.5. The van der Waals surface area contributed by atoms with Crippen LogP contribution in [-0.4, -0.2) is 39.1 Å². The smallest absolute Gasteiger partial charge is 0.340 e. The summed E-state index contributed by atoms with van der Waals surface area (Å²) >= 11 is 1.61. The molecule has 0 bridgehead atoms. The first kappa shape index (κ1) is 19.5. The Bertz CT molecular complexity index is 1300. The van der Waals surface area contributed by atoms with Crippen LogP contribution in [0.1, 0.15) is 33.4 Å². The van der Waals surface area contributed by atoms with E-state index in [0.29, 0.717) is 29.3 Å². The zero-order chi connectivity index (χ0) is 21.5. The highest BCUT2D eigenvalue weighted by atomic mass is 32.1. The highest BCUT2D eigenvalue weighted by molar-refractivity contribution is 7.18. The first-order chi connectivity index (χ1) is 15.1. The summed E-state index contributed by atoms with van der Waals surface area (Å²) in [6.07, 6.45) is 3.06. The lowest BCUT2D eigenvalue weighted by Crippen LogP contribution is -2.15. The van der Waals surface area contributed by atoms with Gasteiger partial charge in [0.1, 0.15) is 17.5 Å². The molecule has 3 aromatic heterocycles. The van der Waals surface area contributed by atoms with Gasteiger partial charge in [-0.05, 0) is 44.0 Å². The van der Waals surface area contributed by atoms with Crippen LogP contribution in [0.25, 0.3) is 21.3 Å². The largest absolute Gasteiger partial charge is 0.462 e. The van der Waals surface area contributed by atoms with Crippen LogP contribution >= 0.6 is 11.3 Å². The molecule has 0 aliphatic carbocycles. The van der Waals surface area contributed by atoms with E-state index >= 15 is 0 Å². The van der Waals surface area contributed by atoms with E-state index in [1.165, 1.54) is 6.33 Å². The Kier molecular flexibility index (Phi) is 4.82. The maximum Gasteiger partial charge on any atom is 0.340 e. The summed E-state index contributed by atoms with van der Waals surface area (Å²) in [5, 5.41) is 5.14. The SMILES string of the molecule is CCOC(=O)c1c(Cn2cncn2)nc2sc(C)c(C)c2c1-c1ccc2c(c1)OCO2. The molecule has 0 radical (unpaired) electrons. The zero-order valence-corrected chi connectivity index (χ0v) is 18.2. The third-order valence-electron chi connectivity index (χ3n) is 5.31. The van der Waals surface area contributed by atoms with Crippen LogP contribution in [0.3, 0.4) is 0 Å². The van der Waals surface area contributed by atoms with Gasteiger partial charge in [0.2, 0.25) is 6.79 Å². The fraction of sp³-hybridized carbons (Fsp3) is 0.273. The molecule has 1 aliphatic heterocycles. The van der Waals surface area contributed by atoms with E-state index in [9.17, 15) is 4.79 Å². The predicted molar refractivity (Wildman–Crippen MR) is 116 cm³/mol. The van der Waals surface area contributed by atoms with E-state index in [4.69, 9.17) is 19.2 Å². The fourth-order valence-corrected chi connectivity index (χ4v) is 4.83. The van der Waals surface area contributed by atoms with Crippen molar-refractivity contribution in [1.82, 2.24) is 19.7 Å². The van der Waals surface area contributed by atoms with Crippen LogP contribution in [0.5, 0.6) is 11.5 Å². The molecule has 0 atom stereocenters. The van der Waals surface area contributed by atoms with E-state index in [0.717, 1.165) is 31.8 Å². The molecule has 0 spiro atoms. The first-order valence-corrected chi connectivity index (χ1v) is 10.7. The number of hydrogen-bond donors (Lipinski definition) is 0. The Morgan fingerprint density at radius 3 is 2.87 bits per heavy atom. The summed E-state index contributed by atoms with van der Waals surface area (Å²) in [5.41, 5.74) is 3.76. The van der Waals surface area contributed by atoms with Crippen LogP contribution in [0.15, 0.2) is 30.9 Å². The van der Waals surface area contributed by atoms with Gasteiger partial charge >= 0.3 is 5.97 Å². The minimum atomic E-state index is -0.414. The van der Waals surface area contributed by atoms with Gasteiger partial charge in [0.15, 0.2) is 11.5 Å². The van der Waals surface area contributed by atoms with Crippen molar-refractivity contribution in [3.05, 3.63) is 52.6 Å². The Morgan fingerprint density at radius 1 is 1.26 bits per heavy atom. The molecule has 31 heavy (non-hydrogen) atoms. The molecule has 0 amide bonds. The van der Waals surface area contributed by atoms with Crippen molar-refractivity contribution in [3.8, 4) is 22.6 Å². The van der Waals surface area contributed by atoms with E-state index in [2.05, 4.69) is 23.9 Å². The number of benzene rings is 1. The molecule has 158 valence electrons. The highest BCUT2D eigenvalue weighted by Crippen LogP contribution is 2.43. The summed E-state index contributed by atoms with van der Waals surface area (Å²) in [6.45, 7) is 6.66. The molecule has 1 aliphatic rings. The quantitative estimate of drug-likeness (QED) is 0.435. The zero-order valence-electron chi connectivity index (χ0n) is 17.3. The second-order valence-electron chi connectivity index (χ2n) is 7.15. The van der Waals surface area contributed by atoms with Crippen LogP contribution in [0, 0.1) is 13.8 Å². The summed E-state index contributed by atoms with van der Waals surface area (Å²) in [4.78, 5) is 24.1. The summed E-state index contributed by atoms with van der Waals surface area (Å²) in [5.74, 6) is 0.926. The number of thiophene rings is 1. The van der Waals surface area contributed by atoms with Gasteiger partial charge in [-0.2, -0.15) is 5.10 Å². The molecule has 0 saturated carbocycles. The number of carbonyl (C=O) groups is 1. The number of pyridine rings is 1. The van der Waals surface area contributed by atoms with Crippen molar-refractivity contribution in [2.75, 3.05) is 13.4 Å². The molecular weight excluding hydrogens is 416 g/mol. The number of esters is 1. The van der Waals surface area contributed by atoms with Crippen LogP contribution in [0.4, 0.5) is 0 Å². The van der Waals surface area contributed by atoms with Gasteiger partial charge in [-0.1, -0.05) is 6.07 Å². The minimum Gasteiger partial charge on any atom is -0.462 e. The third-order valence-corrected chi connectivity index (χ3v) is 6.41. The average molecular weight is 436 g/mol. The van der Waals surface area contributed by atoms with Gasteiger partial charge in [0, 0.05) is 15.8 Å². The molecule has 4 aromatic rings. The summed E-state index contributed by atoms with van der Waals surface area (Å²) < 4.78 is 18.2. The van der Waals surface area contributed by atoms with Gasteiger partial charge in [-0.15, -0.1) is 11.3 Å². The summed E-state index contributed by atoms with van der Waals surface area (Å²) in [6, 6.07) is 5.72. The van der Waals surface area contributed by atoms with Crippen molar-refractivity contribution in [2.24, 2.45) is 0 Å². The van der Waals surface area contributed by atoms with E-state index in [-0.39, 0.29) is 13.4 Å². The number of aromatic nitrogens is 4. The third kappa shape index (κ3) is 3.31. The van der Waals surface area contributed by atoms with Crippen molar-refractivity contribution in [1.29, 1.82) is 0 Å². The van der Waals surface area contributed by atoms with Crippen molar-refractivity contribution < 1.29 is 19.0 Å². The van der Waals surface area contributed by atoms with Gasteiger partial charge in [0.05, 0.1) is 24.4 Å². The highest BCUT2D eigenvalue weighted by Gasteiger charge is 2.27. The average Bonchev–Trinajstić information content (AvgIpc) is 3.48. The molecule has 1 aromatic carbocycles. The lowest BCUT2D eigenvalue weighted by atomic mass is 9.93. The lowest BCUT2D eigenvalue weighted by molar-refractivity contribution is 0.0525. The maximum atomic E-state index is 13.2. The Labute approximate surface area is 182 Å². The molecular formula is C22H20N4O4S. The van der Waals surface area contributed by atoms with Crippen molar-refractivity contribution >= 4 is 27.5 Å². The van der Waals surface area contributed by atoms with E-state index in [1.807, 2.05) is 18.2 Å². The number of rotatable bonds is 5. The molecule has 5 rings (SSSR count). The number of aryl methyl sites for hydroxylation is 2. The van der Waals surface area contributed by atoms with Crippen LogP contribution in [-0.2, 0) is 11.3 Å². The molecule has 0 N–H and O–H groups in total. The molecule has 0 unspecified atom stereocenters. The number of hydrogen-bond acceptors (Lipinski definition) is 8. The number of carbonyl (C=O) groups excluding carboxylic acids is 1. The van der Waals surface area contributed by atoms with E-state index < -0.39 is 5.97 Å². The maximum absolute atomic E-state index is 13.2. The van der Waals surface area contributed by atoms with Gasteiger partial charge in [0.25, 0.3) is 0 Å². The standard InChI is InChI=1S/C22H20N4O4S/c1-4-28-22(27)20-15(8-26-10-23-9-24-26)25-21-18(12(2)13(3)31-21)19(20)14-5-6-16-17(7-14)30-11-29-16/h5-7,9-10H,4,8,11H2,1-3H3. The first-order valence-electron chi connectivity index (χ1n) is 9.89. The minimum absolute atomic E-state index is 0.184. The fourth-order valence-electron chi connectivity index (χ4n) is 3.78.